The summed E-state index contributed by atoms with van der Waals surface area (Å²) >= 11 is 0. The zero-order chi connectivity index (χ0) is 50.7. The molecule has 2 heterocycles. The predicted molar refractivity (Wildman–Crippen MR) is 312 cm³/mol. The van der Waals surface area contributed by atoms with E-state index in [1.807, 2.05) is 0 Å². The van der Waals surface area contributed by atoms with Crippen molar-refractivity contribution in [1.29, 1.82) is 0 Å². The molecule has 0 unspecified atom stereocenters. The molecule has 2 aliphatic carbocycles. The van der Waals surface area contributed by atoms with Gasteiger partial charge >= 0.3 is 0 Å². The van der Waals surface area contributed by atoms with Crippen molar-refractivity contribution in [2.45, 2.75) is 10.8 Å². The first-order valence-corrected chi connectivity index (χ1v) is 26.6. The molecule has 77 heavy (non-hydrogen) atoms. The monoisotopic (exact) mass is 981 g/mol. The topological polar surface area (TPSA) is 21.7 Å². The van der Waals surface area contributed by atoms with Crippen LogP contribution in [0.1, 0.15) is 44.5 Å². The maximum atomic E-state index is 6.72. The van der Waals surface area contributed by atoms with Crippen LogP contribution in [0.15, 0.2) is 285 Å². The molecule has 0 saturated carbocycles. The Labute approximate surface area is 448 Å². The van der Waals surface area contributed by atoms with Crippen LogP contribution in [0.5, 0.6) is 23.0 Å². The molecular weight excluding hydrogens is 935 g/mol. The Kier molecular flexibility index (Phi) is 9.47. The number of hydrogen-bond acceptors (Lipinski definition) is 3. The molecule has 12 aromatic rings. The Bertz CT molecular complexity index is 4250. The van der Waals surface area contributed by atoms with Crippen LogP contribution in [-0.2, 0) is 10.8 Å². The van der Waals surface area contributed by atoms with Gasteiger partial charge in [-0.3, -0.25) is 0 Å². The van der Waals surface area contributed by atoms with E-state index in [1.54, 1.807) is 0 Å². The highest BCUT2D eigenvalue weighted by atomic mass is 16.5. The Morgan fingerprint density at radius 3 is 1.14 bits per heavy atom. The number of anilines is 3. The fourth-order valence-electron chi connectivity index (χ4n) is 13.7. The van der Waals surface area contributed by atoms with Crippen molar-refractivity contribution in [2.75, 3.05) is 4.90 Å². The largest absolute Gasteiger partial charge is 0.457 e. The summed E-state index contributed by atoms with van der Waals surface area (Å²) in [6.45, 7) is 0. The van der Waals surface area contributed by atoms with E-state index in [4.69, 9.17) is 9.47 Å². The van der Waals surface area contributed by atoms with Crippen LogP contribution < -0.4 is 14.4 Å². The van der Waals surface area contributed by atoms with Crippen LogP contribution in [-0.4, -0.2) is 0 Å². The highest BCUT2D eigenvalue weighted by Crippen LogP contribution is 2.65. The van der Waals surface area contributed by atoms with E-state index in [2.05, 4.69) is 290 Å². The SMILES string of the molecule is c1ccc(-c2cccc(-c3ccc(N(c4ccc(-c5ccc6c(c5)-c5ccccc5C65c6ccccc6Oc6ccccc65)cc4)c4cccc5c4-c4ccccc4C54c5ccccc5Oc5ccccc54)cc3)c2)cc1. The molecule has 3 nitrogen and oxygen atoms in total. The van der Waals surface area contributed by atoms with Crippen molar-refractivity contribution in [1.82, 2.24) is 0 Å². The summed E-state index contributed by atoms with van der Waals surface area (Å²) in [4.78, 5) is 2.46. The van der Waals surface area contributed by atoms with Crippen LogP contribution in [0.2, 0.25) is 0 Å². The van der Waals surface area contributed by atoms with E-state index >= 15 is 0 Å². The van der Waals surface area contributed by atoms with Crippen molar-refractivity contribution in [3.8, 4) is 78.6 Å². The van der Waals surface area contributed by atoms with Gasteiger partial charge in [0.05, 0.1) is 16.5 Å². The van der Waals surface area contributed by atoms with Gasteiger partial charge in [-0.15, -0.1) is 0 Å². The molecule has 0 bridgehead atoms. The summed E-state index contributed by atoms with van der Waals surface area (Å²) in [5, 5.41) is 0. The summed E-state index contributed by atoms with van der Waals surface area (Å²) in [6.07, 6.45) is 0. The molecule has 0 saturated heterocycles. The van der Waals surface area contributed by atoms with Gasteiger partial charge in [0.15, 0.2) is 0 Å². The molecule has 2 spiro atoms. The number of para-hydroxylation sites is 4. The maximum Gasteiger partial charge on any atom is 0.132 e. The normalized spacial score (nSPS) is 13.9. The molecule has 0 N–H and O–H groups in total. The van der Waals surface area contributed by atoms with E-state index in [1.165, 1.54) is 72.3 Å². The van der Waals surface area contributed by atoms with Crippen molar-refractivity contribution in [3.63, 3.8) is 0 Å². The molecule has 0 radical (unpaired) electrons. The molecule has 0 aromatic heterocycles. The Hall–Kier alpha value is -9.96. The van der Waals surface area contributed by atoms with Crippen LogP contribution in [0.4, 0.5) is 17.1 Å². The van der Waals surface area contributed by atoms with Gasteiger partial charge in [-0.1, -0.05) is 218 Å². The van der Waals surface area contributed by atoms with Gasteiger partial charge in [0.25, 0.3) is 0 Å². The molecule has 12 aromatic carbocycles. The summed E-state index contributed by atoms with van der Waals surface area (Å²) in [5.41, 5.74) is 23.8. The lowest BCUT2D eigenvalue weighted by Crippen LogP contribution is -2.32. The van der Waals surface area contributed by atoms with Crippen LogP contribution in [0.25, 0.3) is 55.6 Å². The van der Waals surface area contributed by atoms with Gasteiger partial charge in [0.2, 0.25) is 0 Å². The molecule has 2 aliphatic heterocycles. The molecule has 16 rings (SSSR count). The van der Waals surface area contributed by atoms with Crippen LogP contribution in [0.3, 0.4) is 0 Å². The standard InChI is InChI=1S/C74H47NO2/c1-2-18-48(19-3-1)51-20-16-21-52(46-51)49-36-41-54(42-37-49)75(67-31-17-30-66-72(67)57-23-5-7-25-60(57)74(66)64-28-10-14-34-70(64)77-71-35-15-11-29-65(71)74)55-43-38-50(39-44-55)53-40-45-61-58(47-53)56-22-4-6-24-59(56)73(61)62-26-8-12-32-68(62)76-69-33-13-9-27-63(69)73/h1-47H. The minimum atomic E-state index is -0.601. The first-order valence-electron chi connectivity index (χ1n) is 26.6. The quantitative estimate of drug-likeness (QED) is 0.166. The van der Waals surface area contributed by atoms with Crippen molar-refractivity contribution >= 4 is 17.1 Å². The number of hydrogen-bond donors (Lipinski definition) is 0. The van der Waals surface area contributed by atoms with Crippen molar-refractivity contribution in [2.24, 2.45) is 0 Å². The van der Waals surface area contributed by atoms with Crippen molar-refractivity contribution < 1.29 is 9.47 Å². The minimum Gasteiger partial charge on any atom is -0.457 e. The highest BCUT2D eigenvalue weighted by Gasteiger charge is 2.53. The third-order valence-corrected chi connectivity index (χ3v) is 16.8. The van der Waals surface area contributed by atoms with E-state index in [-0.39, 0.29) is 0 Å². The average Bonchev–Trinajstić information content (AvgIpc) is 4.02. The first-order chi connectivity index (χ1) is 38.2. The highest BCUT2D eigenvalue weighted by molar-refractivity contribution is 5.99. The van der Waals surface area contributed by atoms with Gasteiger partial charge in [-0.25, -0.2) is 0 Å². The lowest BCUT2D eigenvalue weighted by atomic mass is 9.66. The first kappa shape index (κ1) is 43.4. The van der Waals surface area contributed by atoms with E-state index in [0.29, 0.717) is 0 Å². The fourth-order valence-corrected chi connectivity index (χ4v) is 13.7. The second-order valence-corrected chi connectivity index (χ2v) is 20.6. The maximum absolute atomic E-state index is 6.72. The molecular formula is C74H47NO2. The number of nitrogens with zero attached hydrogens (tertiary/aromatic N) is 1. The third kappa shape index (κ3) is 6.20. The van der Waals surface area contributed by atoms with E-state index in [0.717, 1.165) is 67.9 Å². The molecule has 0 fully saturated rings. The van der Waals surface area contributed by atoms with Crippen LogP contribution in [0, 0.1) is 0 Å². The molecule has 0 amide bonds. The number of rotatable bonds is 6. The summed E-state index contributed by atoms with van der Waals surface area (Å²) in [7, 11) is 0. The Balaban J connectivity index is 0.861. The number of ether oxygens (including phenoxy) is 2. The zero-order valence-corrected chi connectivity index (χ0v) is 41.9. The average molecular weight is 982 g/mol. The summed E-state index contributed by atoms with van der Waals surface area (Å²) in [6, 6.07) is 104. The second-order valence-electron chi connectivity index (χ2n) is 20.6. The number of fused-ring (bicyclic) bond motifs is 18. The Morgan fingerprint density at radius 2 is 0.597 bits per heavy atom. The third-order valence-electron chi connectivity index (χ3n) is 16.8. The van der Waals surface area contributed by atoms with E-state index in [9.17, 15) is 0 Å². The van der Waals surface area contributed by atoms with Crippen molar-refractivity contribution in [3.05, 3.63) is 330 Å². The number of benzene rings is 12. The smallest absolute Gasteiger partial charge is 0.132 e. The predicted octanol–water partition coefficient (Wildman–Crippen LogP) is 19.1. The fraction of sp³-hybridized carbons (Fsp3) is 0.0270. The van der Waals surface area contributed by atoms with Crippen LogP contribution >= 0.6 is 0 Å². The summed E-state index contributed by atoms with van der Waals surface area (Å²) in [5.74, 6) is 3.56. The summed E-state index contributed by atoms with van der Waals surface area (Å²) < 4.78 is 13.3. The lowest BCUT2D eigenvalue weighted by molar-refractivity contribution is 0.436. The Morgan fingerprint density at radius 1 is 0.234 bits per heavy atom. The molecule has 4 aliphatic rings. The van der Waals surface area contributed by atoms with Gasteiger partial charge in [-0.2, -0.15) is 0 Å². The van der Waals surface area contributed by atoms with Gasteiger partial charge in [0, 0.05) is 39.2 Å². The second kappa shape index (κ2) is 16.8. The molecule has 0 atom stereocenters. The van der Waals surface area contributed by atoms with Gasteiger partial charge < -0.3 is 14.4 Å². The van der Waals surface area contributed by atoms with Gasteiger partial charge in [0.1, 0.15) is 23.0 Å². The minimum absolute atomic E-state index is 0.511. The molecule has 3 heteroatoms. The van der Waals surface area contributed by atoms with E-state index < -0.39 is 10.8 Å². The van der Waals surface area contributed by atoms with Gasteiger partial charge in [-0.05, 0) is 139 Å². The molecule has 360 valence electrons. The zero-order valence-electron chi connectivity index (χ0n) is 41.9. The lowest BCUT2D eigenvalue weighted by Gasteiger charge is -2.39.